The molecule has 238 valence electrons. The molecule has 1 N–H and O–H groups in total. The Morgan fingerprint density at radius 1 is 0.978 bits per heavy atom. The number of fused-ring (bicyclic) bond motifs is 2. The molecule has 2 aromatic carbocycles. The normalized spacial score (nSPS) is 28.8. The van der Waals surface area contributed by atoms with Gasteiger partial charge in [-0.25, -0.2) is 0 Å². The van der Waals surface area contributed by atoms with Crippen LogP contribution in [0.4, 0.5) is 11.4 Å². The number of hydrogen-bond donors (Lipinski definition) is 1. The van der Waals surface area contributed by atoms with Gasteiger partial charge in [-0.3, -0.25) is 14.4 Å². The smallest absolute Gasteiger partial charge is 0.253 e. The van der Waals surface area contributed by atoms with Gasteiger partial charge in [-0.15, -0.1) is 0 Å². The molecule has 4 aliphatic heterocycles. The molecule has 0 aromatic heterocycles. The molecule has 45 heavy (non-hydrogen) atoms. The van der Waals surface area contributed by atoms with Crippen molar-refractivity contribution in [2.24, 2.45) is 17.8 Å². The first-order valence-electron chi connectivity index (χ1n) is 16.0. The molecule has 0 bridgehead atoms. The van der Waals surface area contributed by atoms with E-state index < -0.39 is 35.6 Å². The van der Waals surface area contributed by atoms with Gasteiger partial charge >= 0.3 is 0 Å². The first-order chi connectivity index (χ1) is 21.7. The van der Waals surface area contributed by atoms with Crippen LogP contribution in [0.15, 0.2) is 66.8 Å². The summed E-state index contributed by atoms with van der Waals surface area (Å²) in [7, 11) is 0. The molecule has 7 atom stereocenters. The quantitative estimate of drug-likeness (QED) is 0.449. The third-order valence-corrected chi connectivity index (χ3v) is 10.1. The highest BCUT2D eigenvalue weighted by molar-refractivity contribution is 6.07. The summed E-state index contributed by atoms with van der Waals surface area (Å²) in [5.74, 6) is -2.01. The molecule has 9 heteroatoms. The molecule has 0 saturated carbocycles. The van der Waals surface area contributed by atoms with Crippen molar-refractivity contribution < 1.29 is 29.0 Å². The van der Waals surface area contributed by atoms with Crippen molar-refractivity contribution in [2.45, 2.75) is 64.8 Å². The summed E-state index contributed by atoms with van der Waals surface area (Å²) in [5, 5.41) is 10.7. The number of anilines is 2. The van der Waals surface area contributed by atoms with Gasteiger partial charge in [0.25, 0.3) is 5.91 Å². The maximum atomic E-state index is 14.8. The van der Waals surface area contributed by atoms with Gasteiger partial charge in [0.2, 0.25) is 11.8 Å². The molecule has 3 amide bonds. The maximum absolute atomic E-state index is 14.8. The third-order valence-electron chi connectivity index (χ3n) is 10.1. The number of benzene rings is 2. The van der Waals surface area contributed by atoms with Gasteiger partial charge in [0, 0.05) is 24.5 Å². The van der Waals surface area contributed by atoms with E-state index in [2.05, 4.69) is 0 Å². The Kier molecular flexibility index (Phi) is 8.35. The number of hydrogen-bond acceptors (Lipinski definition) is 6. The third kappa shape index (κ3) is 4.97. The average molecular weight is 614 g/mol. The van der Waals surface area contributed by atoms with Crippen LogP contribution in [-0.2, 0) is 19.1 Å². The van der Waals surface area contributed by atoms with Crippen LogP contribution in [0.1, 0.15) is 38.3 Å². The van der Waals surface area contributed by atoms with E-state index >= 15 is 0 Å². The molecule has 2 fully saturated rings. The predicted octanol–water partition coefficient (Wildman–Crippen LogP) is 4.20. The zero-order chi connectivity index (χ0) is 32.0. The largest absolute Gasteiger partial charge is 0.494 e. The van der Waals surface area contributed by atoms with Crippen molar-refractivity contribution in [1.29, 1.82) is 0 Å². The lowest BCUT2D eigenvalue weighted by Gasteiger charge is -2.40. The molecule has 6 rings (SSSR count). The van der Waals surface area contributed by atoms with Crippen LogP contribution in [0.3, 0.4) is 0 Å². The van der Waals surface area contributed by atoms with E-state index in [-0.39, 0.29) is 30.2 Å². The molecule has 2 aromatic rings. The SMILES string of the molecule is CCOc1ccc(N2CC=C[C@H]3O[C@]45C=CCN(c6cc(C)ccc6C)C(=O)C4N([C@@H](CO)[C@@H](C)CC)C(=O)[C@@H]5[C@H]3C2=O)cc1. The van der Waals surface area contributed by atoms with E-state index in [4.69, 9.17) is 9.47 Å². The van der Waals surface area contributed by atoms with E-state index in [1.54, 1.807) is 14.7 Å². The predicted molar refractivity (Wildman–Crippen MR) is 172 cm³/mol. The van der Waals surface area contributed by atoms with Crippen molar-refractivity contribution >= 4 is 29.1 Å². The van der Waals surface area contributed by atoms with Crippen LogP contribution < -0.4 is 14.5 Å². The number of carbonyl (C=O) groups is 3. The fraction of sp³-hybridized carbons (Fsp3) is 0.472. The zero-order valence-electron chi connectivity index (χ0n) is 26.7. The van der Waals surface area contributed by atoms with Crippen molar-refractivity contribution in [3.63, 3.8) is 0 Å². The van der Waals surface area contributed by atoms with Gasteiger partial charge in [0.1, 0.15) is 17.4 Å². The number of ether oxygens (including phenoxy) is 2. The topological polar surface area (TPSA) is 99.6 Å². The lowest BCUT2D eigenvalue weighted by Crippen LogP contribution is -2.59. The van der Waals surface area contributed by atoms with Crippen LogP contribution in [0.25, 0.3) is 0 Å². The minimum Gasteiger partial charge on any atom is -0.494 e. The zero-order valence-corrected chi connectivity index (χ0v) is 26.7. The summed E-state index contributed by atoms with van der Waals surface area (Å²) in [6.07, 6.45) is 7.52. The molecule has 9 nitrogen and oxygen atoms in total. The Balaban J connectivity index is 1.46. The number of aliphatic hydroxyl groups is 1. The minimum atomic E-state index is -1.38. The summed E-state index contributed by atoms with van der Waals surface area (Å²) in [4.78, 5) is 49.1. The van der Waals surface area contributed by atoms with Crippen LogP contribution in [0.5, 0.6) is 5.75 Å². The number of aryl methyl sites for hydroxylation is 2. The lowest BCUT2D eigenvalue weighted by molar-refractivity contribution is -0.145. The van der Waals surface area contributed by atoms with E-state index in [0.717, 1.165) is 16.8 Å². The second-order valence-electron chi connectivity index (χ2n) is 12.7. The Labute approximate surface area is 265 Å². The van der Waals surface area contributed by atoms with Gasteiger partial charge in [0.05, 0.1) is 37.2 Å². The molecule has 1 unspecified atom stereocenters. The molecular weight excluding hydrogens is 570 g/mol. The number of rotatable bonds is 8. The number of nitrogens with zero attached hydrogens (tertiary/aromatic N) is 3. The van der Waals surface area contributed by atoms with E-state index in [0.29, 0.717) is 37.6 Å². The standard InChI is InChI=1S/C36H43N3O6/c1-6-23(4)28(21-40)39-32-35(43)38(27-20-22(3)11-12-24(27)5)19-9-17-36(32)31(34(39)42)30-29(45-36)10-8-18-37(33(30)41)25-13-15-26(16-14-25)44-7-2/h8-17,20,23,28-32,40H,6-7,18-19,21H2,1-5H3/t23-,28-,29+,30-,31-,32?,36-/m0/s1. The molecule has 2 saturated heterocycles. The van der Waals surface area contributed by atoms with Gasteiger partial charge in [-0.05, 0) is 68.1 Å². The molecule has 4 heterocycles. The average Bonchev–Trinajstić information content (AvgIpc) is 3.35. The highest BCUT2D eigenvalue weighted by Crippen LogP contribution is 2.55. The van der Waals surface area contributed by atoms with Crippen LogP contribution in [0, 0.1) is 31.6 Å². The fourth-order valence-corrected chi connectivity index (χ4v) is 7.60. The van der Waals surface area contributed by atoms with Crippen LogP contribution in [0.2, 0.25) is 0 Å². The number of amides is 3. The van der Waals surface area contributed by atoms with Gasteiger partial charge in [-0.2, -0.15) is 0 Å². The molecule has 0 radical (unpaired) electrons. The maximum Gasteiger partial charge on any atom is 0.253 e. The minimum absolute atomic E-state index is 0.0927. The van der Waals surface area contributed by atoms with Crippen molar-refractivity contribution in [3.05, 3.63) is 77.9 Å². The fourth-order valence-electron chi connectivity index (χ4n) is 7.60. The summed E-state index contributed by atoms with van der Waals surface area (Å²) in [6.45, 7) is 10.7. The van der Waals surface area contributed by atoms with E-state index in [9.17, 15) is 19.5 Å². The van der Waals surface area contributed by atoms with Crippen LogP contribution in [-0.4, -0.2) is 77.8 Å². The van der Waals surface area contributed by atoms with Crippen molar-refractivity contribution in [2.75, 3.05) is 36.1 Å². The van der Waals surface area contributed by atoms with Crippen molar-refractivity contribution in [1.82, 2.24) is 4.90 Å². The van der Waals surface area contributed by atoms with E-state index in [1.807, 2.05) is 101 Å². The summed E-state index contributed by atoms with van der Waals surface area (Å²) < 4.78 is 12.4. The summed E-state index contributed by atoms with van der Waals surface area (Å²) in [6, 6.07) is 11.7. The highest BCUT2D eigenvalue weighted by atomic mass is 16.5. The Hall–Kier alpha value is -3.95. The summed E-state index contributed by atoms with van der Waals surface area (Å²) >= 11 is 0. The second-order valence-corrected chi connectivity index (χ2v) is 12.7. The number of likely N-dealkylation sites (tertiary alicyclic amines) is 1. The Bertz CT molecular complexity index is 1540. The highest BCUT2D eigenvalue weighted by Gasteiger charge is 2.72. The van der Waals surface area contributed by atoms with Gasteiger partial charge < -0.3 is 29.3 Å². The lowest BCUT2D eigenvalue weighted by atomic mass is 9.77. The first kappa shape index (κ1) is 31.0. The van der Waals surface area contributed by atoms with Gasteiger partial charge in [0.15, 0.2) is 0 Å². The summed E-state index contributed by atoms with van der Waals surface area (Å²) in [5.41, 5.74) is 2.04. The monoisotopic (exact) mass is 613 g/mol. The van der Waals surface area contributed by atoms with Crippen molar-refractivity contribution in [3.8, 4) is 5.75 Å². The Morgan fingerprint density at radius 3 is 2.40 bits per heavy atom. The second kappa shape index (κ2) is 12.1. The molecule has 4 aliphatic rings. The molecular formula is C36H43N3O6. The van der Waals surface area contributed by atoms with E-state index in [1.165, 1.54) is 0 Å². The number of carbonyl (C=O) groups excluding carboxylic acids is 3. The molecule has 1 spiro atoms. The molecule has 0 aliphatic carbocycles. The number of aliphatic hydroxyl groups excluding tert-OH is 1. The van der Waals surface area contributed by atoms with Gasteiger partial charge in [-0.1, -0.05) is 56.7 Å². The Morgan fingerprint density at radius 2 is 1.71 bits per heavy atom. The van der Waals surface area contributed by atoms with Crippen LogP contribution >= 0.6 is 0 Å². The first-order valence-corrected chi connectivity index (χ1v) is 16.0.